The summed E-state index contributed by atoms with van der Waals surface area (Å²) in [5.41, 5.74) is 1.19. The lowest BCUT2D eigenvalue weighted by Crippen LogP contribution is -2.41. The van der Waals surface area contributed by atoms with Gasteiger partial charge in [0.05, 0.1) is 12.3 Å². The van der Waals surface area contributed by atoms with Crippen LogP contribution in [-0.4, -0.2) is 52.1 Å². The van der Waals surface area contributed by atoms with Crippen LogP contribution in [0.3, 0.4) is 0 Å². The van der Waals surface area contributed by atoms with Crippen LogP contribution < -0.4 is 5.32 Å². The first-order chi connectivity index (χ1) is 10.1. The molecule has 2 unspecified atom stereocenters. The summed E-state index contributed by atoms with van der Waals surface area (Å²) in [5, 5.41) is 16.8. The molecule has 0 aromatic carbocycles. The molecule has 1 aliphatic rings. The van der Waals surface area contributed by atoms with Gasteiger partial charge in [0.25, 0.3) is 0 Å². The number of urea groups is 1. The van der Waals surface area contributed by atoms with E-state index in [0.717, 1.165) is 32.1 Å². The van der Waals surface area contributed by atoms with Crippen molar-refractivity contribution in [2.75, 3.05) is 20.1 Å². The van der Waals surface area contributed by atoms with Crippen LogP contribution in [0.2, 0.25) is 0 Å². The van der Waals surface area contributed by atoms with Gasteiger partial charge in [0.15, 0.2) is 0 Å². The Labute approximate surface area is 126 Å². The van der Waals surface area contributed by atoms with Crippen molar-refractivity contribution in [1.82, 2.24) is 20.0 Å². The molecule has 0 bridgehead atoms. The fourth-order valence-corrected chi connectivity index (χ4v) is 2.89. The molecule has 0 saturated heterocycles. The molecule has 1 heterocycles. The molecule has 1 aromatic heterocycles. The molecule has 6 nitrogen and oxygen atoms in total. The molecular weight excluding hydrogens is 268 g/mol. The number of aliphatic hydroxyl groups is 1. The van der Waals surface area contributed by atoms with E-state index >= 15 is 0 Å². The molecule has 1 aliphatic carbocycles. The molecule has 1 saturated carbocycles. The van der Waals surface area contributed by atoms with E-state index in [4.69, 9.17) is 0 Å². The van der Waals surface area contributed by atoms with Crippen LogP contribution in [0.4, 0.5) is 4.79 Å². The van der Waals surface area contributed by atoms with E-state index in [1.54, 1.807) is 16.6 Å². The summed E-state index contributed by atoms with van der Waals surface area (Å²) < 4.78 is 1.79. The molecule has 2 amide bonds. The molecule has 0 aliphatic heterocycles. The number of hydrogen-bond donors (Lipinski definition) is 2. The zero-order chi connectivity index (χ0) is 15.2. The van der Waals surface area contributed by atoms with Gasteiger partial charge in [-0.1, -0.05) is 6.42 Å². The minimum absolute atomic E-state index is 0.0553. The Morgan fingerprint density at radius 3 is 3.00 bits per heavy atom. The Morgan fingerprint density at radius 2 is 2.38 bits per heavy atom. The highest BCUT2D eigenvalue weighted by molar-refractivity contribution is 5.73. The third-order valence-electron chi connectivity index (χ3n) is 4.15. The highest BCUT2D eigenvalue weighted by Gasteiger charge is 2.27. The zero-order valence-electron chi connectivity index (χ0n) is 13.0. The molecule has 21 heavy (non-hydrogen) atoms. The number of aliphatic hydroxyl groups excluding tert-OH is 1. The molecule has 2 rings (SSSR count). The van der Waals surface area contributed by atoms with Gasteiger partial charge >= 0.3 is 6.03 Å². The molecule has 1 aromatic rings. The second-order valence-corrected chi connectivity index (χ2v) is 6.00. The van der Waals surface area contributed by atoms with E-state index in [-0.39, 0.29) is 18.1 Å². The second kappa shape index (κ2) is 7.45. The Hall–Kier alpha value is -1.56. The number of amides is 2. The Kier molecular flexibility index (Phi) is 5.61. The fraction of sp³-hybridized carbons (Fsp3) is 0.733. The van der Waals surface area contributed by atoms with Gasteiger partial charge in [0, 0.05) is 39.3 Å². The molecule has 2 N–H and O–H groups in total. The first-order valence-electron chi connectivity index (χ1n) is 7.71. The van der Waals surface area contributed by atoms with Crippen molar-refractivity contribution < 1.29 is 9.90 Å². The largest absolute Gasteiger partial charge is 0.393 e. The van der Waals surface area contributed by atoms with Crippen LogP contribution in [-0.2, 0) is 13.5 Å². The topological polar surface area (TPSA) is 70.4 Å². The molecular formula is C15H26N4O2. The van der Waals surface area contributed by atoms with Crippen LogP contribution in [0.15, 0.2) is 12.4 Å². The maximum Gasteiger partial charge on any atom is 0.317 e. The van der Waals surface area contributed by atoms with E-state index in [2.05, 4.69) is 10.4 Å². The lowest BCUT2D eigenvalue weighted by molar-refractivity contribution is 0.114. The summed E-state index contributed by atoms with van der Waals surface area (Å²) in [7, 11) is 3.69. The quantitative estimate of drug-likeness (QED) is 0.773. The van der Waals surface area contributed by atoms with E-state index in [1.807, 2.05) is 19.4 Å². The van der Waals surface area contributed by atoms with Crippen LogP contribution in [0.5, 0.6) is 0 Å². The van der Waals surface area contributed by atoms with Crippen LogP contribution in [0.25, 0.3) is 0 Å². The first kappa shape index (κ1) is 15.8. The van der Waals surface area contributed by atoms with Gasteiger partial charge in [0.2, 0.25) is 0 Å². The Morgan fingerprint density at radius 1 is 1.57 bits per heavy atom. The van der Waals surface area contributed by atoms with Crippen molar-refractivity contribution in [3.8, 4) is 0 Å². The van der Waals surface area contributed by atoms with Gasteiger partial charge in [-0.25, -0.2) is 4.79 Å². The number of carbonyl (C=O) groups excluding carboxylic acids is 1. The van der Waals surface area contributed by atoms with Crippen molar-refractivity contribution in [2.24, 2.45) is 13.0 Å². The predicted molar refractivity (Wildman–Crippen MR) is 80.9 cm³/mol. The summed E-state index contributed by atoms with van der Waals surface area (Å²) in [6, 6.07) is -0.0553. The van der Waals surface area contributed by atoms with Crippen LogP contribution in [0.1, 0.15) is 31.2 Å². The Bertz CT molecular complexity index is 460. The zero-order valence-corrected chi connectivity index (χ0v) is 13.0. The van der Waals surface area contributed by atoms with Crippen molar-refractivity contribution in [3.05, 3.63) is 18.0 Å². The minimum Gasteiger partial charge on any atom is -0.393 e. The SMILES string of the molecule is CN(CC1CCCC1O)C(=O)NCCCc1cnn(C)c1. The van der Waals surface area contributed by atoms with E-state index in [9.17, 15) is 9.90 Å². The number of rotatable bonds is 6. The molecule has 6 heteroatoms. The highest BCUT2D eigenvalue weighted by atomic mass is 16.3. The fourth-order valence-electron chi connectivity index (χ4n) is 2.89. The number of nitrogens with zero attached hydrogens (tertiary/aromatic N) is 3. The van der Waals surface area contributed by atoms with E-state index in [0.29, 0.717) is 13.1 Å². The van der Waals surface area contributed by atoms with Crippen molar-refractivity contribution >= 4 is 6.03 Å². The third-order valence-corrected chi connectivity index (χ3v) is 4.15. The standard InChI is InChI=1S/C15H26N4O2/c1-18(11-13-6-3-7-14(13)20)15(21)16-8-4-5-12-9-17-19(2)10-12/h9-10,13-14,20H,3-8,11H2,1-2H3,(H,16,21). The monoisotopic (exact) mass is 294 g/mol. The summed E-state index contributed by atoms with van der Waals surface area (Å²) in [5.74, 6) is 0.233. The van der Waals surface area contributed by atoms with Gasteiger partial charge < -0.3 is 15.3 Å². The van der Waals surface area contributed by atoms with Crippen molar-refractivity contribution in [1.29, 1.82) is 0 Å². The molecule has 118 valence electrons. The summed E-state index contributed by atoms with van der Waals surface area (Å²) in [6.07, 6.45) is 8.37. The summed E-state index contributed by atoms with van der Waals surface area (Å²) in [4.78, 5) is 13.7. The smallest absolute Gasteiger partial charge is 0.317 e. The molecule has 1 fully saturated rings. The van der Waals surface area contributed by atoms with Crippen molar-refractivity contribution in [3.63, 3.8) is 0 Å². The van der Waals surface area contributed by atoms with Crippen molar-refractivity contribution in [2.45, 2.75) is 38.2 Å². The van der Waals surface area contributed by atoms with Gasteiger partial charge in [0.1, 0.15) is 0 Å². The number of carbonyl (C=O) groups is 1. The van der Waals surface area contributed by atoms with Crippen LogP contribution >= 0.6 is 0 Å². The highest BCUT2D eigenvalue weighted by Crippen LogP contribution is 2.25. The Balaban J connectivity index is 1.62. The van der Waals surface area contributed by atoms with Gasteiger partial charge in [-0.3, -0.25) is 4.68 Å². The lowest BCUT2D eigenvalue weighted by atomic mass is 10.1. The average Bonchev–Trinajstić information content (AvgIpc) is 3.04. The average molecular weight is 294 g/mol. The second-order valence-electron chi connectivity index (χ2n) is 6.00. The lowest BCUT2D eigenvalue weighted by Gasteiger charge is -2.23. The number of nitrogens with one attached hydrogen (secondary N) is 1. The minimum atomic E-state index is -0.245. The first-order valence-corrected chi connectivity index (χ1v) is 7.71. The molecule has 0 spiro atoms. The normalized spacial score (nSPS) is 21.5. The number of hydrogen-bond acceptors (Lipinski definition) is 3. The third kappa shape index (κ3) is 4.74. The maximum atomic E-state index is 12.0. The summed E-state index contributed by atoms with van der Waals surface area (Å²) >= 11 is 0. The predicted octanol–water partition coefficient (Wildman–Crippen LogP) is 1.16. The van der Waals surface area contributed by atoms with Gasteiger partial charge in [-0.2, -0.15) is 5.10 Å². The summed E-state index contributed by atoms with van der Waals surface area (Å²) in [6.45, 7) is 1.29. The maximum absolute atomic E-state index is 12.0. The number of aromatic nitrogens is 2. The molecule has 2 atom stereocenters. The molecule has 0 radical (unpaired) electrons. The van der Waals surface area contributed by atoms with Gasteiger partial charge in [-0.05, 0) is 31.2 Å². The van der Waals surface area contributed by atoms with Gasteiger partial charge in [-0.15, -0.1) is 0 Å². The van der Waals surface area contributed by atoms with Crippen LogP contribution in [0, 0.1) is 5.92 Å². The van der Waals surface area contributed by atoms with E-state index in [1.165, 1.54) is 5.56 Å². The number of aryl methyl sites for hydroxylation is 2. The van der Waals surface area contributed by atoms with E-state index < -0.39 is 0 Å².